The van der Waals surface area contributed by atoms with Crippen LogP contribution in [0, 0.1) is 0 Å². The molecule has 0 fully saturated rings. The minimum absolute atomic E-state index is 0.0121. The van der Waals surface area contributed by atoms with E-state index in [4.69, 9.17) is 13.9 Å². The molecule has 1 N–H and O–H groups in total. The first-order valence-electron chi connectivity index (χ1n) is 8.22. The molecule has 0 spiro atoms. The van der Waals surface area contributed by atoms with Gasteiger partial charge in [-0.25, -0.2) is 0 Å². The zero-order valence-electron chi connectivity index (χ0n) is 14.2. The number of phenols is 1. The Labute approximate surface area is 149 Å². The van der Waals surface area contributed by atoms with Crippen LogP contribution in [0.2, 0.25) is 0 Å². The summed E-state index contributed by atoms with van der Waals surface area (Å²) >= 11 is 0. The van der Waals surface area contributed by atoms with Gasteiger partial charge in [-0.3, -0.25) is 9.59 Å². The third-order valence-electron chi connectivity index (χ3n) is 3.82. The lowest BCUT2D eigenvalue weighted by molar-refractivity contribution is -0.143. The highest BCUT2D eigenvalue weighted by Crippen LogP contribution is 2.28. The Bertz CT molecular complexity index is 989. The largest absolute Gasteiger partial charge is 0.507 e. The second-order valence-corrected chi connectivity index (χ2v) is 5.56. The van der Waals surface area contributed by atoms with Crippen LogP contribution >= 0.6 is 0 Å². The molecule has 0 aliphatic heterocycles. The van der Waals surface area contributed by atoms with Crippen molar-refractivity contribution in [1.29, 1.82) is 0 Å². The number of rotatable bonds is 6. The Morgan fingerprint density at radius 3 is 2.73 bits per heavy atom. The van der Waals surface area contributed by atoms with Crippen molar-refractivity contribution in [1.82, 2.24) is 0 Å². The second-order valence-electron chi connectivity index (χ2n) is 5.56. The van der Waals surface area contributed by atoms with Crippen LogP contribution in [0.5, 0.6) is 11.5 Å². The summed E-state index contributed by atoms with van der Waals surface area (Å²) in [5, 5.41) is 10.3. The first-order chi connectivity index (χ1) is 12.6. The molecule has 1 heterocycles. The van der Waals surface area contributed by atoms with E-state index >= 15 is 0 Å². The Balaban J connectivity index is 1.84. The summed E-state index contributed by atoms with van der Waals surface area (Å²) in [4.78, 5) is 24.0. The van der Waals surface area contributed by atoms with Crippen molar-refractivity contribution in [3.8, 4) is 22.6 Å². The predicted octanol–water partition coefficient (Wildman–Crippen LogP) is 3.50. The zero-order chi connectivity index (χ0) is 18.5. The van der Waals surface area contributed by atoms with Crippen molar-refractivity contribution in [2.75, 3.05) is 13.2 Å². The van der Waals surface area contributed by atoms with Gasteiger partial charge in [-0.05, 0) is 25.1 Å². The molecular weight excluding hydrogens is 336 g/mol. The number of para-hydroxylation sites is 1. The fourth-order valence-corrected chi connectivity index (χ4v) is 2.57. The van der Waals surface area contributed by atoms with Crippen molar-refractivity contribution in [2.24, 2.45) is 0 Å². The molecule has 1 aromatic heterocycles. The van der Waals surface area contributed by atoms with Crippen LogP contribution in [0.4, 0.5) is 0 Å². The molecule has 0 saturated heterocycles. The molecular formula is C20H18O6. The number of benzene rings is 2. The molecule has 26 heavy (non-hydrogen) atoms. The maximum Gasteiger partial charge on any atom is 0.309 e. The van der Waals surface area contributed by atoms with Crippen molar-refractivity contribution >= 4 is 16.9 Å². The number of carbonyl (C=O) groups excluding carboxylic acids is 1. The first kappa shape index (κ1) is 17.5. The lowest BCUT2D eigenvalue weighted by Crippen LogP contribution is -2.09. The van der Waals surface area contributed by atoms with Crippen LogP contribution in [0.25, 0.3) is 22.1 Å². The minimum atomic E-state index is -0.327. The van der Waals surface area contributed by atoms with Gasteiger partial charge in [0.2, 0.25) is 5.43 Å². The number of hydrogen-bond acceptors (Lipinski definition) is 6. The third-order valence-corrected chi connectivity index (χ3v) is 3.82. The average Bonchev–Trinajstić information content (AvgIpc) is 2.63. The Morgan fingerprint density at radius 1 is 1.15 bits per heavy atom. The summed E-state index contributed by atoms with van der Waals surface area (Å²) < 4.78 is 15.9. The van der Waals surface area contributed by atoms with Gasteiger partial charge in [0.15, 0.2) is 0 Å². The van der Waals surface area contributed by atoms with Gasteiger partial charge in [-0.15, -0.1) is 0 Å². The zero-order valence-corrected chi connectivity index (χ0v) is 14.2. The van der Waals surface area contributed by atoms with E-state index in [0.717, 1.165) is 0 Å². The van der Waals surface area contributed by atoms with Gasteiger partial charge in [-0.1, -0.05) is 18.2 Å². The van der Waals surface area contributed by atoms with E-state index < -0.39 is 0 Å². The first-order valence-corrected chi connectivity index (χ1v) is 8.22. The SMILES string of the molecule is CCOC(=O)CCOc1ccc2c(=O)c(-c3ccccc3O)coc2c1. The summed E-state index contributed by atoms with van der Waals surface area (Å²) in [6.07, 6.45) is 1.46. The molecule has 0 atom stereocenters. The van der Waals surface area contributed by atoms with Crippen LogP contribution in [-0.4, -0.2) is 24.3 Å². The topological polar surface area (TPSA) is 86.0 Å². The quantitative estimate of drug-likeness (QED) is 0.682. The number of aromatic hydroxyl groups is 1. The third kappa shape index (κ3) is 3.69. The molecule has 0 bridgehead atoms. The molecule has 0 radical (unpaired) electrons. The fourth-order valence-electron chi connectivity index (χ4n) is 2.57. The van der Waals surface area contributed by atoms with E-state index in [0.29, 0.717) is 28.9 Å². The van der Waals surface area contributed by atoms with Gasteiger partial charge in [0.25, 0.3) is 0 Å². The Hall–Kier alpha value is -3.28. The van der Waals surface area contributed by atoms with Crippen molar-refractivity contribution in [2.45, 2.75) is 13.3 Å². The number of phenolic OH excluding ortho intramolecular Hbond substituents is 1. The van der Waals surface area contributed by atoms with Crippen molar-refractivity contribution < 1.29 is 23.8 Å². The van der Waals surface area contributed by atoms with Crippen LogP contribution in [0.15, 0.2) is 57.9 Å². The van der Waals surface area contributed by atoms with Gasteiger partial charge >= 0.3 is 5.97 Å². The molecule has 6 heteroatoms. The molecule has 2 aromatic carbocycles. The van der Waals surface area contributed by atoms with Gasteiger partial charge in [-0.2, -0.15) is 0 Å². The van der Waals surface area contributed by atoms with E-state index in [1.165, 1.54) is 12.3 Å². The standard InChI is InChI=1S/C20H18O6/c1-2-24-19(22)9-10-25-13-7-8-15-18(11-13)26-12-16(20(15)23)14-5-3-4-6-17(14)21/h3-8,11-12,21H,2,9-10H2,1H3. The fraction of sp³-hybridized carbons (Fsp3) is 0.200. The number of ether oxygens (including phenoxy) is 2. The summed E-state index contributed by atoms with van der Waals surface area (Å²) in [7, 11) is 0. The van der Waals surface area contributed by atoms with Gasteiger partial charge in [0.1, 0.15) is 23.3 Å². The van der Waals surface area contributed by atoms with Crippen LogP contribution in [0.1, 0.15) is 13.3 Å². The van der Waals surface area contributed by atoms with Crippen LogP contribution < -0.4 is 10.2 Å². The highest BCUT2D eigenvalue weighted by atomic mass is 16.5. The Kier molecular flexibility index (Phi) is 5.22. The lowest BCUT2D eigenvalue weighted by Gasteiger charge is -2.08. The van der Waals surface area contributed by atoms with E-state index in [9.17, 15) is 14.7 Å². The normalized spacial score (nSPS) is 10.7. The predicted molar refractivity (Wildman–Crippen MR) is 96.3 cm³/mol. The molecule has 0 saturated carbocycles. The second kappa shape index (κ2) is 7.74. The van der Waals surface area contributed by atoms with E-state index in [1.807, 2.05) is 0 Å². The van der Waals surface area contributed by atoms with Crippen molar-refractivity contribution in [3.05, 3.63) is 59.0 Å². The highest BCUT2D eigenvalue weighted by molar-refractivity contribution is 5.83. The van der Waals surface area contributed by atoms with E-state index in [-0.39, 0.29) is 35.7 Å². The van der Waals surface area contributed by atoms with E-state index in [1.54, 1.807) is 43.3 Å². The summed E-state index contributed by atoms with van der Waals surface area (Å²) in [6, 6.07) is 11.4. The molecule has 0 aliphatic carbocycles. The molecule has 3 aromatic rings. The number of carbonyl (C=O) groups is 1. The number of fused-ring (bicyclic) bond motifs is 1. The molecule has 134 valence electrons. The Morgan fingerprint density at radius 2 is 1.96 bits per heavy atom. The molecule has 0 amide bonds. The van der Waals surface area contributed by atoms with Crippen molar-refractivity contribution in [3.63, 3.8) is 0 Å². The van der Waals surface area contributed by atoms with Crippen LogP contribution in [-0.2, 0) is 9.53 Å². The number of hydrogen-bond donors (Lipinski definition) is 1. The maximum absolute atomic E-state index is 12.7. The smallest absolute Gasteiger partial charge is 0.309 e. The van der Waals surface area contributed by atoms with Gasteiger partial charge in [0, 0.05) is 11.6 Å². The van der Waals surface area contributed by atoms with Gasteiger partial charge in [0.05, 0.1) is 30.6 Å². The van der Waals surface area contributed by atoms with E-state index in [2.05, 4.69) is 0 Å². The average molecular weight is 354 g/mol. The monoisotopic (exact) mass is 354 g/mol. The molecule has 0 unspecified atom stereocenters. The summed E-state index contributed by atoms with van der Waals surface area (Å²) in [5.74, 6) is 0.172. The maximum atomic E-state index is 12.7. The van der Waals surface area contributed by atoms with Gasteiger partial charge < -0.3 is 19.0 Å². The minimum Gasteiger partial charge on any atom is -0.507 e. The molecule has 6 nitrogen and oxygen atoms in total. The molecule has 3 rings (SSSR count). The molecule has 0 aliphatic rings. The summed E-state index contributed by atoms with van der Waals surface area (Å²) in [5.41, 5.74) is 0.818. The summed E-state index contributed by atoms with van der Waals surface area (Å²) in [6.45, 7) is 2.25. The number of esters is 1. The highest BCUT2D eigenvalue weighted by Gasteiger charge is 2.13. The lowest BCUT2D eigenvalue weighted by atomic mass is 10.0. The van der Waals surface area contributed by atoms with Crippen LogP contribution in [0.3, 0.4) is 0 Å².